The lowest BCUT2D eigenvalue weighted by Crippen LogP contribution is -2.04. The van der Waals surface area contributed by atoms with Gasteiger partial charge in [-0.1, -0.05) is 23.2 Å². The number of halogens is 2. The maximum atomic E-state index is 5.81. The molecule has 0 aliphatic heterocycles. The average Bonchev–Trinajstić information content (AvgIpc) is 2.18. The van der Waals surface area contributed by atoms with Crippen molar-refractivity contribution in [2.24, 2.45) is 0 Å². The van der Waals surface area contributed by atoms with Gasteiger partial charge in [0.25, 0.3) is 0 Å². The van der Waals surface area contributed by atoms with Crippen LogP contribution < -0.4 is 5.32 Å². The van der Waals surface area contributed by atoms with Gasteiger partial charge in [0.15, 0.2) is 10.3 Å². The number of aromatic nitrogens is 2. The number of nitrogens with one attached hydrogen (secondary N) is 1. The van der Waals surface area contributed by atoms with Crippen LogP contribution in [0.3, 0.4) is 0 Å². The van der Waals surface area contributed by atoms with Gasteiger partial charge in [-0.3, -0.25) is 0 Å². The Labute approximate surface area is 97.6 Å². The molecule has 78 valence electrons. The maximum absolute atomic E-state index is 5.81. The second kappa shape index (κ2) is 6.32. The summed E-state index contributed by atoms with van der Waals surface area (Å²) in [6.07, 6.45) is 3.16. The Morgan fingerprint density at radius 3 is 2.93 bits per heavy atom. The molecule has 0 spiro atoms. The number of anilines is 1. The summed E-state index contributed by atoms with van der Waals surface area (Å²) in [4.78, 5) is 0. The summed E-state index contributed by atoms with van der Waals surface area (Å²) in [7, 11) is 0. The SMILES string of the molecule is CSCCCNc1cc(Cl)nnc1Cl. The molecule has 1 rings (SSSR count). The first-order valence-electron chi connectivity index (χ1n) is 4.15. The Bertz CT molecular complexity index is 296. The van der Waals surface area contributed by atoms with Crippen molar-refractivity contribution in [3.63, 3.8) is 0 Å². The fourth-order valence-corrected chi connectivity index (χ4v) is 1.66. The second-order valence-electron chi connectivity index (χ2n) is 2.64. The van der Waals surface area contributed by atoms with Crippen molar-refractivity contribution in [3.05, 3.63) is 16.4 Å². The molecule has 1 heterocycles. The molecule has 14 heavy (non-hydrogen) atoms. The summed E-state index contributed by atoms with van der Waals surface area (Å²) >= 11 is 13.3. The fourth-order valence-electron chi connectivity index (χ4n) is 0.917. The highest BCUT2D eigenvalue weighted by Gasteiger charge is 2.02. The number of rotatable bonds is 5. The summed E-state index contributed by atoms with van der Waals surface area (Å²) in [6.45, 7) is 0.864. The molecular weight excluding hydrogens is 241 g/mol. The lowest BCUT2D eigenvalue weighted by atomic mass is 10.4. The van der Waals surface area contributed by atoms with Gasteiger partial charge < -0.3 is 5.32 Å². The van der Waals surface area contributed by atoms with Crippen LogP contribution in [-0.2, 0) is 0 Å². The van der Waals surface area contributed by atoms with Crippen molar-refractivity contribution in [2.75, 3.05) is 23.9 Å². The van der Waals surface area contributed by atoms with Gasteiger partial charge in [0.2, 0.25) is 0 Å². The van der Waals surface area contributed by atoms with Crippen molar-refractivity contribution in [2.45, 2.75) is 6.42 Å². The monoisotopic (exact) mass is 251 g/mol. The molecule has 0 aliphatic rings. The highest BCUT2D eigenvalue weighted by atomic mass is 35.5. The van der Waals surface area contributed by atoms with Crippen LogP contribution in [0.25, 0.3) is 0 Å². The van der Waals surface area contributed by atoms with Crippen LogP contribution >= 0.6 is 35.0 Å². The molecule has 0 saturated carbocycles. The Kier molecular flexibility index (Phi) is 5.37. The van der Waals surface area contributed by atoms with E-state index in [4.69, 9.17) is 23.2 Å². The number of nitrogens with zero attached hydrogens (tertiary/aromatic N) is 2. The van der Waals surface area contributed by atoms with E-state index >= 15 is 0 Å². The standard InChI is InChI=1S/C8H11Cl2N3S/c1-14-4-2-3-11-6-5-7(9)12-13-8(6)10/h5H,2-4H2,1H3,(H,11,12). The zero-order valence-corrected chi connectivity index (χ0v) is 10.1. The lowest BCUT2D eigenvalue weighted by Gasteiger charge is -2.06. The zero-order chi connectivity index (χ0) is 10.4. The smallest absolute Gasteiger partial charge is 0.174 e. The Hall–Kier alpha value is -0.190. The minimum absolute atomic E-state index is 0.349. The van der Waals surface area contributed by atoms with E-state index in [0.717, 1.165) is 24.4 Å². The highest BCUT2D eigenvalue weighted by Crippen LogP contribution is 2.20. The van der Waals surface area contributed by atoms with Crippen molar-refractivity contribution < 1.29 is 0 Å². The molecule has 0 saturated heterocycles. The van der Waals surface area contributed by atoms with E-state index < -0.39 is 0 Å². The van der Waals surface area contributed by atoms with E-state index in [0.29, 0.717) is 10.3 Å². The van der Waals surface area contributed by atoms with Gasteiger partial charge >= 0.3 is 0 Å². The van der Waals surface area contributed by atoms with Crippen LogP contribution in [0.1, 0.15) is 6.42 Å². The molecule has 0 atom stereocenters. The minimum Gasteiger partial charge on any atom is -0.382 e. The predicted octanol–water partition coefficient (Wildman–Crippen LogP) is 2.95. The van der Waals surface area contributed by atoms with Gasteiger partial charge in [-0.25, -0.2) is 0 Å². The summed E-state index contributed by atoms with van der Waals surface area (Å²) in [5.41, 5.74) is 0.743. The van der Waals surface area contributed by atoms with Crippen LogP contribution in [0, 0.1) is 0 Å². The van der Waals surface area contributed by atoms with Crippen LogP contribution in [0.15, 0.2) is 6.07 Å². The van der Waals surface area contributed by atoms with Crippen molar-refractivity contribution >= 4 is 40.7 Å². The molecule has 0 aliphatic carbocycles. The first-order valence-corrected chi connectivity index (χ1v) is 6.30. The van der Waals surface area contributed by atoms with Gasteiger partial charge in [-0.15, -0.1) is 10.2 Å². The molecule has 6 heteroatoms. The molecule has 3 nitrogen and oxygen atoms in total. The Morgan fingerprint density at radius 2 is 2.21 bits per heavy atom. The number of hydrogen-bond donors (Lipinski definition) is 1. The van der Waals surface area contributed by atoms with Crippen molar-refractivity contribution in [1.82, 2.24) is 10.2 Å². The highest BCUT2D eigenvalue weighted by molar-refractivity contribution is 7.98. The molecular formula is C8H11Cl2N3S. The summed E-state index contributed by atoms with van der Waals surface area (Å²) in [5, 5.41) is 11.2. The van der Waals surface area contributed by atoms with Crippen LogP contribution in [0.4, 0.5) is 5.69 Å². The normalized spacial score (nSPS) is 10.2. The van der Waals surface area contributed by atoms with Crippen LogP contribution in [-0.4, -0.2) is 28.8 Å². The van der Waals surface area contributed by atoms with Gasteiger partial charge in [-0.05, 0) is 18.4 Å². The Balaban J connectivity index is 2.45. The van der Waals surface area contributed by atoms with E-state index in [1.165, 1.54) is 0 Å². The molecule has 0 radical (unpaired) electrons. The van der Waals surface area contributed by atoms with Crippen molar-refractivity contribution in [3.8, 4) is 0 Å². The van der Waals surface area contributed by atoms with Gasteiger partial charge in [0.1, 0.15) is 0 Å². The van der Waals surface area contributed by atoms with E-state index in [1.807, 2.05) is 11.8 Å². The third-order valence-corrected chi connectivity index (χ3v) is 2.72. The summed E-state index contributed by atoms with van der Waals surface area (Å²) in [5.74, 6) is 1.12. The molecule has 1 N–H and O–H groups in total. The number of hydrogen-bond acceptors (Lipinski definition) is 4. The topological polar surface area (TPSA) is 37.8 Å². The molecule has 0 fully saturated rings. The molecule has 0 bridgehead atoms. The third kappa shape index (κ3) is 3.90. The van der Waals surface area contributed by atoms with E-state index in [1.54, 1.807) is 6.07 Å². The van der Waals surface area contributed by atoms with E-state index in [9.17, 15) is 0 Å². The molecule has 0 aromatic carbocycles. The average molecular weight is 252 g/mol. The summed E-state index contributed by atoms with van der Waals surface area (Å²) in [6, 6.07) is 1.68. The van der Waals surface area contributed by atoms with E-state index in [2.05, 4.69) is 21.8 Å². The van der Waals surface area contributed by atoms with Crippen molar-refractivity contribution in [1.29, 1.82) is 0 Å². The van der Waals surface area contributed by atoms with Crippen LogP contribution in [0.2, 0.25) is 10.3 Å². The number of thioether (sulfide) groups is 1. The molecule has 0 unspecified atom stereocenters. The fraction of sp³-hybridized carbons (Fsp3) is 0.500. The largest absolute Gasteiger partial charge is 0.382 e. The lowest BCUT2D eigenvalue weighted by molar-refractivity contribution is 0.976. The quantitative estimate of drug-likeness (QED) is 0.817. The Morgan fingerprint density at radius 1 is 1.43 bits per heavy atom. The summed E-state index contributed by atoms with van der Waals surface area (Å²) < 4.78 is 0. The van der Waals surface area contributed by atoms with Gasteiger partial charge in [-0.2, -0.15) is 11.8 Å². The van der Waals surface area contributed by atoms with Gasteiger partial charge in [0, 0.05) is 12.6 Å². The molecule has 0 amide bonds. The minimum atomic E-state index is 0.349. The first kappa shape index (κ1) is 11.9. The van der Waals surface area contributed by atoms with E-state index in [-0.39, 0.29) is 0 Å². The zero-order valence-electron chi connectivity index (χ0n) is 7.76. The van der Waals surface area contributed by atoms with Crippen LogP contribution in [0.5, 0.6) is 0 Å². The maximum Gasteiger partial charge on any atom is 0.174 e. The van der Waals surface area contributed by atoms with Gasteiger partial charge in [0.05, 0.1) is 5.69 Å². The predicted molar refractivity (Wildman–Crippen MR) is 63.5 cm³/mol. The molecule has 1 aromatic heterocycles. The third-order valence-electron chi connectivity index (χ3n) is 1.56. The first-order chi connectivity index (χ1) is 6.74. The molecule has 1 aromatic rings. The second-order valence-corrected chi connectivity index (χ2v) is 4.38.